The van der Waals surface area contributed by atoms with Crippen molar-refractivity contribution in [2.45, 2.75) is 18.9 Å². The molecule has 0 atom stereocenters. The van der Waals surface area contributed by atoms with Crippen LogP contribution in [0.5, 0.6) is 0 Å². The minimum Gasteiger partial charge on any atom is -0.382 e. The third-order valence-electron chi connectivity index (χ3n) is 4.79. The van der Waals surface area contributed by atoms with Gasteiger partial charge in [0.1, 0.15) is 5.56 Å². The van der Waals surface area contributed by atoms with E-state index < -0.39 is 29.5 Å². The van der Waals surface area contributed by atoms with E-state index >= 15 is 0 Å². The molecule has 2 aromatic carbocycles. The fourth-order valence-electron chi connectivity index (χ4n) is 3.32. The first-order valence-corrected chi connectivity index (χ1v) is 8.82. The number of rotatable bonds is 3. The van der Waals surface area contributed by atoms with Crippen LogP contribution in [-0.2, 0) is 18.9 Å². The summed E-state index contributed by atoms with van der Waals surface area (Å²) in [7, 11) is 0. The lowest BCUT2D eigenvalue weighted by Gasteiger charge is -2.18. The van der Waals surface area contributed by atoms with Gasteiger partial charge in [-0.05, 0) is 35.9 Å². The molecule has 0 fully saturated rings. The van der Waals surface area contributed by atoms with Gasteiger partial charge in [0.05, 0.1) is 16.8 Å². The highest BCUT2D eigenvalue weighted by Gasteiger charge is 2.39. The molecule has 2 amide bonds. The molecule has 2 heterocycles. The maximum atomic E-state index is 13.3. The number of carbonyl (C=O) groups excluding carboxylic acids is 1. The van der Waals surface area contributed by atoms with Crippen LogP contribution in [0.2, 0.25) is 0 Å². The number of amides is 2. The molecule has 2 aromatic rings. The zero-order chi connectivity index (χ0) is 22.6. The van der Waals surface area contributed by atoms with E-state index in [2.05, 4.69) is 10.3 Å². The van der Waals surface area contributed by atoms with Crippen LogP contribution in [0.25, 0.3) is 6.08 Å². The Hall–Kier alpha value is -3.63. The van der Waals surface area contributed by atoms with Gasteiger partial charge in [-0.15, -0.1) is 0 Å². The predicted molar refractivity (Wildman–Crippen MR) is 99.8 cm³/mol. The molecule has 0 saturated heterocycles. The van der Waals surface area contributed by atoms with Gasteiger partial charge in [0.2, 0.25) is 5.69 Å². The van der Waals surface area contributed by atoms with Gasteiger partial charge in [0, 0.05) is 11.6 Å². The van der Waals surface area contributed by atoms with Gasteiger partial charge in [0.25, 0.3) is 0 Å². The molecule has 0 bridgehead atoms. The predicted octanol–water partition coefficient (Wildman–Crippen LogP) is 4.42. The molecule has 11 heteroatoms. The van der Waals surface area contributed by atoms with E-state index in [1.165, 1.54) is 4.58 Å². The maximum absolute atomic E-state index is 13.3. The molecule has 5 nitrogen and oxygen atoms in total. The Balaban J connectivity index is 1.59. The van der Waals surface area contributed by atoms with Crippen LogP contribution in [0, 0.1) is 0 Å². The first-order valence-electron chi connectivity index (χ1n) is 8.82. The monoisotopic (exact) mass is 439 g/mol. The zero-order valence-electron chi connectivity index (χ0n) is 15.5. The number of nitrogens with zero attached hydrogens (tertiary/aromatic N) is 2. The highest BCUT2D eigenvalue weighted by molar-refractivity contribution is 6.13. The Bertz CT molecular complexity index is 1190. The molecule has 160 valence electrons. The number of alkyl halides is 6. The van der Waals surface area contributed by atoms with E-state index in [0.717, 1.165) is 11.6 Å². The van der Waals surface area contributed by atoms with Crippen LogP contribution in [-0.4, -0.2) is 22.7 Å². The van der Waals surface area contributed by atoms with Gasteiger partial charge in [-0.25, -0.2) is 4.79 Å². The molecule has 0 spiro atoms. The average molecular weight is 439 g/mol. The summed E-state index contributed by atoms with van der Waals surface area (Å²) < 4.78 is 80.0. The van der Waals surface area contributed by atoms with E-state index in [4.69, 9.17) is 5.73 Å². The Morgan fingerprint density at radius 2 is 1.77 bits per heavy atom. The lowest BCUT2D eigenvalue weighted by Crippen LogP contribution is -2.21. The minimum absolute atomic E-state index is 0.0419. The summed E-state index contributed by atoms with van der Waals surface area (Å²) in [4.78, 5) is 14.7. The second-order valence-electron chi connectivity index (χ2n) is 6.93. The largest absolute Gasteiger partial charge is 0.416 e. The number of benzene rings is 2. The number of amidine groups is 1. The fraction of sp³-hybridized carbons (Fsp3) is 0.150. The Morgan fingerprint density at radius 3 is 2.35 bits per heavy atom. The smallest absolute Gasteiger partial charge is 0.382 e. The number of hydrogen-bond donors (Lipinski definition) is 2. The van der Waals surface area contributed by atoms with Crippen LogP contribution in [0.1, 0.15) is 27.8 Å². The van der Waals surface area contributed by atoms with Gasteiger partial charge in [-0.2, -0.15) is 35.9 Å². The summed E-state index contributed by atoms with van der Waals surface area (Å²) in [6, 6.07) is 6.09. The van der Waals surface area contributed by atoms with Crippen molar-refractivity contribution in [1.82, 2.24) is 5.32 Å². The normalized spacial score (nSPS) is 17.1. The van der Waals surface area contributed by atoms with Crippen LogP contribution < -0.4 is 11.1 Å². The van der Waals surface area contributed by atoms with Crippen molar-refractivity contribution in [2.75, 3.05) is 0 Å². The number of urea groups is 1. The van der Waals surface area contributed by atoms with Gasteiger partial charge in [0.15, 0.2) is 18.6 Å². The minimum atomic E-state index is -4.92. The molecule has 0 saturated carbocycles. The number of fused-ring (bicyclic) bond motifs is 1. The highest BCUT2D eigenvalue weighted by Crippen LogP contribution is 2.38. The Kier molecular flexibility index (Phi) is 4.64. The van der Waals surface area contributed by atoms with Gasteiger partial charge >= 0.3 is 18.4 Å². The Morgan fingerprint density at radius 1 is 1.03 bits per heavy atom. The second kappa shape index (κ2) is 6.96. The lowest BCUT2D eigenvalue weighted by atomic mass is 9.99. The fourth-order valence-corrected chi connectivity index (χ4v) is 3.32. The van der Waals surface area contributed by atoms with E-state index in [1.807, 2.05) is 0 Å². The first-order chi connectivity index (χ1) is 14.4. The third kappa shape index (κ3) is 4.03. The van der Waals surface area contributed by atoms with Crippen LogP contribution in [0.4, 0.5) is 36.8 Å². The van der Waals surface area contributed by atoms with Crippen molar-refractivity contribution in [3.63, 3.8) is 0 Å². The van der Waals surface area contributed by atoms with Crippen molar-refractivity contribution in [3.8, 4) is 0 Å². The first kappa shape index (κ1) is 20.6. The molecular formula is C20H13F6N4O+. The molecule has 4 rings (SSSR count). The maximum Gasteiger partial charge on any atom is 0.416 e. The highest BCUT2D eigenvalue weighted by atomic mass is 19.4. The number of halogens is 6. The van der Waals surface area contributed by atoms with Crippen LogP contribution in [0.15, 0.2) is 47.1 Å². The van der Waals surface area contributed by atoms with Gasteiger partial charge in [-0.3, -0.25) is 0 Å². The molecule has 0 aliphatic carbocycles. The molecule has 2 aliphatic heterocycles. The van der Waals surface area contributed by atoms with E-state index in [-0.39, 0.29) is 24.0 Å². The summed E-state index contributed by atoms with van der Waals surface area (Å²) in [5, 5.41) is 2.47. The summed E-state index contributed by atoms with van der Waals surface area (Å²) >= 11 is 0. The van der Waals surface area contributed by atoms with Crippen molar-refractivity contribution < 1.29 is 35.7 Å². The van der Waals surface area contributed by atoms with Crippen molar-refractivity contribution in [3.05, 3.63) is 69.9 Å². The van der Waals surface area contributed by atoms with Crippen molar-refractivity contribution >= 4 is 29.8 Å². The number of carbonyl (C=O) groups is 1. The molecule has 0 radical (unpaired) electrons. The molecule has 31 heavy (non-hydrogen) atoms. The number of hydrogen-bond acceptors (Lipinski definition) is 2. The molecule has 3 N–H and O–H groups in total. The SMILES string of the molecule is NC1=NC(=O)N/C1=C\c1ccc2c(c1)C=[N+]2Cc1ccc(C(F)(F)F)cc1C(F)(F)F. The van der Waals surface area contributed by atoms with Crippen LogP contribution in [0.3, 0.4) is 0 Å². The lowest BCUT2D eigenvalue weighted by molar-refractivity contribution is -0.464. The third-order valence-corrected chi connectivity index (χ3v) is 4.79. The standard InChI is InChI=1S/C20H12F6N4O/c21-19(22,23)13-3-2-11(14(7-13)20(24,25)26)8-30-9-12-5-10(1-4-16(12)30)6-15-17(27)29-18(31)28-15/h1-7,9H,8H2,(H2-,27,28,29,31)/p+1/b15-6-. The van der Waals surface area contributed by atoms with Crippen molar-refractivity contribution in [2.24, 2.45) is 10.7 Å². The van der Waals surface area contributed by atoms with Crippen molar-refractivity contribution in [1.29, 1.82) is 0 Å². The zero-order valence-corrected chi connectivity index (χ0v) is 15.5. The Labute approximate surface area is 171 Å². The molecular weight excluding hydrogens is 426 g/mol. The quantitative estimate of drug-likeness (QED) is 0.549. The molecule has 2 aliphatic rings. The number of nitrogens with one attached hydrogen (secondary N) is 1. The van der Waals surface area contributed by atoms with Gasteiger partial charge in [-0.1, -0.05) is 6.07 Å². The molecule has 0 unspecified atom stereocenters. The topological polar surface area (TPSA) is 70.5 Å². The van der Waals surface area contributed by atoms with E-state index in [0.29, 0.717) is 23.0 Å². The van der Waals surface area contributed by atoms with Crippen LogP contribution >= 0.6 is 0 Å². The number of nitrogens with two attached hydrogens (primary N) is 1. The van der Waals surface area contributed by atoms with E-state index in [9.17, 15) is 31.1 Å². The summed E-state index contributed by atoms with van der Waals surface area (Å²) in [6.07, 6.45) is -6.61. The second-order valence-corrected chi connectivity index (χ2v) is 6.93. The summed E-state index contributed by atoms with van der Waals surface area (Å²) in [6.45, 7) is -0.240. The average Bonchev–Trinajstić information content (AvgIpc) is 2.95. The number of aliphatic imine (C=N–C) groups is 1. The molecule has 0 aromatic heterocycles. The van der Waals surface area contributed by atoms with Gasteiger partial charge < -0.3 is 11.1 Å². The summed E-state index contributed by atoms with van der Waals surface area (Å²) in [5.41, 5.74) is 5.01. The van der Waals surface area contributed by atoms with E-state index in [1.54, 1.807) is 30.5 Å². The summed E-state index contributed by atoms with van der Waals surface area (Å²) in [5.74, 6) is 0.0419.